The summed E-state index contributed by atoms with van der Waals surface area (Å²) in [4.78, 5) is 0. The molecule has 1 nitrogen and oxygen atoms in total. The summed E-state index contributed by atoms with van der Waals surface area (Å²) in [5.74, 6) is 0.845. The maximum atomic E-state index is 5.35. The van der Waals surface area contributed by atoms with Gasteiger partial charge in [0.1, 0.15) is 0 Å². The Bertz CT molecular complexity index is 211. The van der Waals surface area contributed by atoms with Gasteiger partial charge in [-0.3, -0.25) is 0 Å². The number of ether oxygens (including phenoxy) is 1. The molecule has 1 aromatic rings. The van der Waals surface area contributed by atoms with Gasteiger partial charge in [0.2, 0.25) is 0 Å². The zero-order valence-electron chi connectivity index (χ0n) is 8.14. The van der Waals surface area contributed by atoms with Crippen molar-refractivity contribution >= 4 is 23.1 Å². The van der Waals surface area contributed by atoms with Crippen LogP contribution in [-0.2, 0) is 0 Å². The van der Waals surface area contributed by atoms with Gasteiger partial charge in [0.05, 0.1) is 6.61 Å². The van der Waals surface area contributed by atoms with Crippen LogP contribution in [0.15, 0.2) is 18.2 Å². The van der Waals surface area contributed by atoms with Crippen LogP contribution in [0.4, 0.5) is 0 Å². The predicted octanol–water partition coefficient (Wildman–Crippen LogP) is -0.793. The Morgan fingerprint density at radius 2 is 2.08 bits per heavy atom. The standard InChI is InChI=1S/C10H13O.BrH.Mg/c1-3-8-11-10-6-4-9(2)5-7-10;;/h4-6H,3,8H2,1-2H3;1H;/q-1;;+2/p-1. The largest absolute Gasteiger partial charge is 2.00 e. The van der Waals surface area contributed by atoms with Gasteiger partial charge < -0.3 is 21.7 Å². The summed E-state index contributed by atoms with van der Waals surface area (Å²) in [6, 6.07) is 8.96. The van der Waals surface area contributed by atoms with Crippen LogP contribution in [0.1, 0.15) is 18.9 Å². The van der Waals surface area contributed by atoms with Crippen molar-refractivity contribution in [3.8, 4) is 5.75 Å². The SMILES string of the molecule is CCCOc1[c-]cc(C)cc1.[Br-].[Mg+2]. The maximum Gasteiger partial charge on any atom is 2.00 e. The Morgan fingerprint density at radius 3 is 2.54 bits per heavy atom. The average molecular weight is 253 g/mol. The Kier molecular flexibility index (Phi) is 10.7. The minimum Gasteiger partial charge on any atom is -1.00 e. The normalized spacial score (nSPS) is 8.15. The molecule has 0 aliphatic carbocycles. The number of hydrogen-bond donors (Lipinski definition) is 0. The number of hydrogen-bond acceptors (Lipinski definition) is 1. The van der Waals surface area contributed by atoms with Gasteiger partial charge in [-0.1, -0.05) is 13.8 Å². The Morgan fingerprint density at radius 1 is 1.38 bits per heavy atom. The third kappa shape index (κ3) is 6.35. The summed E-state index contributed by atoms with van der Waals surface area (Å²) in [5.41, 5.74) is 1.22. The molecule has 0 spiro atoms. The molecule has 0 unspecified atom stereocenters. The van der Waals surface area contributed by atoms with Crippen molar-refractivity contribution in [3.63, 3.8) is 0 Å². The molecule has 0 saturated carbocycles. The molecule has 0 atom stereocenters. The van der Waals surface area contributed by atoms with Crippen LogP contribution < -0.4 is 21.7 Å². The van der Waals surface area contributed by atoms with Gasteiger partial charge in [0, 0.05) is 5.75 Å². The molecule has 13 heavy (non-hydrogen) atoms. The number of aryl methyl sites for hydroxylation is 1. The smallest absolute Gasteiger partial charge is 1.00 e. The third-order valence-corrected chi connectivity index (χ3v) is 1.40. The maximum absolute atomic E-state index is 5.35. The second-order valence-electron chi connectivity index (χ2n) is 2.58. The summed E-state index contributed by atoms with van der Waals surface area (Å²) in [6.07, 6.45) is 1.04. The average Bonchev–Trinajstić information content (AvgIpc) is 2.04. The second-order valence-corrected chi connectivity index (χ2v) is 2.58. The van der Waals surface area contributed by atoms with Crippen molar-refractivity contribution < 1.29 is 21.7 Å². The fraction of sp³-hybridized carbons (Fsp3) is 0.400. The molecule has 3 heteroatoms. The third-order valence-electron chi connectivity index (χ3n) is 1.40. The van der Waals surface area contributed by atoms with E-state index in [2.05, 4.69) is 13.0 Å². The molecule has 0 amide bonds. The van der Waals surface area contributed by atoms with E-state index in [9.17, 15) is 0 Å². The van der Waals surface area contributed by atoms with Gasteiger partial charge in [-0.05, 0) is 6.42 Å². The van der Waals surface area contributed by atoms with Gasteiger partial charge in [-0.15, -0.1) is 12.1 Å². The Balaban J connectivity index is 0. The van der Waals surface area contributed by atoms with E-state index in [0.717, 1.165) is 18.8 Å². The molecule has 0 aliphatic rings. The van der Waals surface area contributed by atoms with Crippen molar-refractivity contribution in [1.29, 1.82) is 0 Å². The first kappa shape index (κ1) is 15.7. The van der Waals surface area contributed by atoms with Crippen molar-refractivity contribution in [1.82, 2.24) is 0 Å². The monoisotopic (exact) mass is 252 g/mol. The van der Waals surface area contributed by atoms with E-state index in [1.165, 1.54) is 5.56 Å². The molecule has 0 aromatic heterocycles. The topological polar surface area (TPSA) is 9.23 Å². The van der Waals surface area contributed by atoms with Crippen molar-refractivity contribution in [2.75, 3.05) is 6.61 Å². The van der Waals surface area contributed by atoms with Crippen LogP contribution in [0.5, 0.6) is 5.75 Å². The fourth-order valence-corrected chi connectivity index (χ4v) is 0.790. The van der Waals surface area contributed by atoms with E-state index in [-0.39, 0.29) is 40.0 Å². The molecular weight excluding hydrogens is 240 g/mol. The molecular formula is C10H13BrMgO. The zero-order chi connectivity index (χ0) is 8.10. The van der Waals surface area contributed by atoms with E-state index in [0.29, 0.717) is 0 Å². The van der Waals surface area contributed by atoms with Gasteiger partial charge >= 0.3 is 23.1 Å². The van der Waals surface area contributed by atoms with Crippen LogP contribution in [0.25, 0.3) is 0 Å². The van der Waals surface area contributed by atoms with E-state index >= 15 is 0 Å². The summed E-state index contributed by atoms with van der Waals surface area (Å²) < 4.78 is 5.35. The number of rotatable bonds is 3. The molecule has 0 radical (unpaired) electrons. The van der Waals surface area contributed by atoms with E-state index in [1.54, 1.807) is 0 Å². The molecule has 1 rings (SSSR count). The van der Waals surface area contributed by atoms with Gasteiger partial charge in [-0.25, -0.2) is 0 Å². The molecule has 1 aromatic carbocycles. The quantitative estimate of drug-likeness (QED) is 0.507. The molecule has 0 fully saturated rings. The van der Waals surface area contributed by atoms with Crippen molar-refractivity contribution in [2.24, 2.45) is 0 Å². The fourth-order valence-electron chi connectivity index (χ4n) is 0.790. The van der Waals surface area contributed by atoms with Crippen molar-refractivity contribution in [3.05, 3.63) is 29.8 Å². The predicted molar refractivity (Wildman–Crippen MR) is 51.6 cm³/mol. The summed E-state index contributed by atoms with van der Waals surface area (Å²) in [5, 5.41) is 0. The van der Waals surface area contributed by atoms with Crippen LogP contribution in [0, 0.1) is 13.0 Å². The first-order valence-electron chi connectivity index (χ1n) is 3.94. The molecule has 68 valence electrons. The summed E-state index contributed by atoms with van der Waals surface area (Å²) >= 11 is 0. The van der Waals surface area contributed by atoms with Gasteiger partial charge in [0.15, 0.2) is 0 Å². The number of halogens is 1. The van der Waals surface area contributed by atoms with Gasteiger partial charge in [0.25, 0.3) is 0 Å². The summed E-state index contributed by atoms with van der Waals surface area (Å²) in [7, 11) is 0. The first-order chi connectivity index (χ1) is 5.33. The Labute approximate surface area is 107 Å². The van der Waals surface area contributed by atoms with Crippen molar-refractivity contribution in [2.45, 2.75) is 20.3 Å². The first-order valence-corrected chi connectivity index (χ1v) is 3.94. The molecule has 0 bridgehead atoms. The summed E-state index contributed by atoms with van der Waals surface area (Å²) in [6.45, 7) is 4.91. The van der Waals surface area contributed by atoms with E-state index in [1.807, 2.05) is 25.1 Å². The van der Waals surface area contributed by atoms with E-state index < -0.39 is 0 Å². The molecule has 0 N–H and O–H groups in total. The number of benzene rings is 1. The second kappa shape index (κ2) is 8.85. The molecule has 0 aliphatic heterocycles. The minimum atomic E-state index is 0. The molecule has 0 heterocycles. The van der Waals surface area contributed by atoms with Crippen LogP contribution >= 0.6 is 0 Å². The van der Waals surface area contributed by atoms with Crippen LogP contribution in [0.2, 0.25) is 0 Å². The van der Waals surface area contributed by atoms with Gasteiger partial charge in [-0.2, -0.15) is 17.7 Å². The molecule has 0 saturated heterocycles. The Hall–Kier alpha value is 0.266. The van der Waals surface area contributed by atoms with E-state index in [4.69, 9.17) is 4.74 Å². The van der Waals surface area contributed by atoms with Crippen LogP contribution in [0.3, 0.4) is 0 Å². The van der Waals surface area contributed by atoms with Crippen LogP contribution in [-0.4, -0.2) is 29.7 Å². The minimum absolute atomic E-state index is 0. The zero-order valence-corrected chi connectivity index (χ0v) is 11.1.